The summed E-state index contributed by atoms with van der Waals surface area (Å²) < 4.78 is 0. The van der Waals surface area contributed by atoms with E-state index in [1.54, 1.807) is 4.90 Å². The van der Waals surface area contributed by atoms with Crippen LogP contribution in [0.5, 0.6) is 0 Å². The summed E-state index contributed by atoms with van der Waals surface area (Å²) in [5, 5.41) is 11.8. The molecule has 3 unspecified atom stereocenters. The van der Waals surface area contributed by atoms with Crippen LogP contribution in [-0.2, 0) is 4.79 Å². The van der Waals surface area contributed by atoms with Gasteiger partial charge in [0.15, 0.2) is 0 Å². The van der Waals surface area contributed by atoms with Gasteiger partial charge in [-0.1, -0.05) is 6.42 Å². The third kappa shape index (κ3) is 3.64. The number of hydrogen-bond acceptors (Lipinski definition) is 2. The molecule has 20 heavy (non-hydrogen) atoms. The Morgan fingerprint density at radius 2 is 2.05 bits per heavy atom. The van der Waals surface area contributed by atoms with Gasteiger partial charge in [0, 0.05) is 19.1 Å². The van der Waals surface area contributed by atoms with Gasteiger partial charge in [0.1, 0.15) is 0 Å². The summed E-state index contributed by atoms with van der Waals surface area (Å²) in [5.74, 6) is 1.45. The number of nitrogens with zero attached hydrogens (tertiary/aromatic N) is 1. The van der Waals surface area contributed by atoms with Gasteiger partial charge in [-0.2, -0.15) is 0 Å². The third-order valence-corrected chi connectivity index (χ3v) is 4.85. The number of carbonyl (C=O) groups excluding carboxylic acids is 1. The van der Waals surface area contributed by atoms with Crippen molar-refractivity contribution in [2.45, 2.75) is 52.0 Å². The second kappa shape index (κ2) is 6.46. The van der Waals surface area contributed by atoms with Crippen LogP contribution < -0.4 is 5.32 Å². The highest BCUT2D eigenvalue weighted by atomic mass is 16.4. The minimum Gasteiger partial charge on any atom is -0.481 e. The number of rotatable bonds is 6. The topological polar surface area (TPSA) is 69.6 Å². The van der Waals surface area contributed by atoms with Crippen molar-refractivity contribution < 1.29 is 14.7 Å². The molecule has 2 aliphatic carbocycles. The highest BCUT2D eigenvalue weighted by molar-refractivity contribution is 5.75. The van der Waals surface area contributed by atoms with E-state index >= 15 is 0 Å². The van der Waals surface area contributed by atoms with E-state index in [1.165, 1.54) is 25.7 Å². The second-order valence-corrected chi connectivity index (χ2v) is 6.55. The molecule has 2 rings (SSSR count). The number of carboxylic acid groups (broad SMARTS) is 1. The fourth-order valence-electron chi connectivity index (χ4n) is 3.76. The van der Waals surface area contributed by atoms with Crippen molar-refractivity contribution in [2.24, 2.45) is 17.8 Å². The predicted molar refractivity (Wildman–Crippen MR) is 76.4 cm³/mol. The molecule has 0 heterocycles. The number of carboxylic acids is 1. The molecular formula is C15H26N2O3. The monoisotopic (exact) mass is 282 g/mol. The zero-order valence-electron chi connectivity index (χ0n) is 12.5. The minimum atomic E-state index is -0.864. The van der Waals surface area contributed by atoms with Crippen LogP contribution in [0.1, 0.15) is 46.0 Å². The standard InChI is InChI=1S/C15H26N2O3/c1-10(2)17(6-5-14(18)19)15(20)16-9-13-8-11-3-4-12(13)7-11/h10-13H,3-9H2,1-2H3,(H,16,20)(H,18,19). The van der Waals surface area contributed by atoms with Gasteiger partial charge in [0.2, 0.25) is 0 Å². The Balaban J connectivity index is 1.77. The molecule has 0 spiro atoms. The molecule has 3 atom stereocenters. The van der Waals surface area contributed by atoms with Gasteiger partial charge < -0.3 is 15.3 Å². The normalized spacial score (nSPS) is 27.9. The number of amides is 2. The number of hydrogen-bond donors (Lipinski definition) is 2. The number of nitrogens with one attached hydrogen (secondary N) is 1. The van der Waals surface area contributed by atoms with Crippen molar-refractivity contribution in [1.82, 2.24) is 10.2 Å². The van der Waals surface area contributed by atoms with Gasteiger partial charge in [0.05, 0.1) is 6.42 Å². The number of fused-ring (bicyclic) bond motifs is 2. The molecule has 0 aromatic heterocycles. The molecule has 0 aromatic carbocycles. The van der Waals surface area contributed by atoms with Crippen LogP contribution in [0.4, 0.5) is 4.79 Å². The van der Waals surface area contributed by atoms with Crippen molar-refractivity contribution >= 4 is 12.0 Å². The first-order valence-corrected chi connectivity index (χ1v) is 7.73. The molecule has 2 fully saturated rings. The Morgan fingerprint density at radius 3 is 2.55 bits per heavy atom. The van der Waals surface area contributed by atoms with E-state index in [4.69, 9.17) is 5.11 Å². The summed E-state index contributed by atoms with van der Waals surface area (Å²) in [7, 11) is 0. The maximum atomic E-state index is 12.2. The van der Waals surface area contributed by atoms with E-state index in [0.717, 1.165) is 18.4 Å². The lowest BCUT2D eigenvalue weighted by Gasteiger charge is -2.28. The van der Waals surface area contributed by atoms with E-state index in [-0.39, 0.29) is 25.0 Å². The lowest BCUT2D eigenvalue weighted by Crippen LogP contribution is -2.46. The van der Waals surface area contributed by atoms with Crippen LogP contribution in [-0.4, -0.2) is 41.1 Å². The molecule has 114 valence electrons. The summed E-state index contributed by atoms with van der Waals surface area (Å²) in [6.07, 6.45) is 5.28. The first-order valence-electron chi connectivity index (χ1n) is 7.73. The first kappa shape index (κ1) is 15.1. The highest BCUT2D eigenvalue weighted by Crippen LogP contribution is 2.47. The number of urea groups is 1. The van der Waals surface area contributed by atoms with Crippen LogP contribution in [0, 0.1) is 17.8 Å². The van der Waals surface area contributed by atoms with E-state index in [2.05, 4.69) is 5.32 Å². The Bertz CT molecular complexity index is 370. The summed E-state index contributed by atoms with van der Waals surface area (Å²) in [6, 6.07) is -0.0987. The Morgan fingerprint density at radius 1 is 1.30 bits per heavy atom. The molecule has 2 bridgehead atoms. The van der Waals surface area contributed by atoms with Crippen molar-refractivity contribution in [3.8, 4) is 0 Å². The average molecular weight is 282 g/mol. The van der Waals surface area contributed by atoms with Crippen LogP contribution in [0.3, 0.4) is 0 Å². The van der Waals surface area contributed by atoms with E-state index < -0.39 is 5.97 Å². The number of carbonyl (C=O) groups is 2. The summed E-state index contributed by atoms with van der Waals surface area (Å²) in [6.45, 7) is 4.85. The summed E-state index contributed by atoms with van der Waals surface area (Å²) in [5.41, 5.74) is 0. The first-order chi connectivity index (χ1) is 9.47. The SMILES string of the molecule is CC(C)N(CCC(=O)O)C(=O)NCC1CC2CCC1C2. The molecule has 0 aromatic rings. The molecule has 0 radical (unpaired) electrons. The van der Waals surface area contributed by atoms with Gasteiger partial charge in [-0.25, -0.2) is 4.79 Å². The van der Waals surface area contributed by atoms with E-state index in [1.807, 2.05) is 13.8 Å². The fourth-order valence-corrected chi connectivity index (χ4v) is 3.76. The second-order valence-electron chi connectivity index (χ2n) is 6.55. The molecule has 2 saturated carbocycles. The van der Waals surface area contributed by atoms with E-state index in [0.29, 0.717) is 5.92 Å². The smallest absolute Gasteiger partial charge is 0.317 e. The summed E-state index contributed by atoms with van der Waals surface area (Å²) in [4.78, 5) is 24.4. The van der Waals surface area contributed by atoms with Gasteiger partial charge in [-0.3, -0.25) is 4.79 Å². The van der Waals surface area contributed by atoms with Gasteiger partial charge in [0.25, 0.3) is 0 Å². The van der Waals surface area contributed by atoms with Crippen molar-refractivity contribution in [1.29, 1.82) is 0 Å². The van der Waals surface area contributed by atoms with Crippen LogP contribution >= 0.6 is 0 Å². The molecule has 0 saturated heterocycles. The molecule has 5 heteroatoms. The third-order valence-electron chi connectivity index (χ3n) is 4.85. The molecule has 2 amide bonds. The Hall–Kier alpha value is -1.26. The van der Waals surface area contributed by atoms with Crippen molar-refractivity contribution in [3.63, 3.8) is 0 Å². The average Bonchev–Trinajstić information content (AvgIpc) is 2.97. The highest BCUT2D eigenvalue weighted by Gasteiger charge is 2.39. The maximum absolute atomic E-state index is 12.2. The molecule has 2 aliphatic rings. The van der Waals surface area contributed by atoms with Crippen LogP contribution in [0.15, 0.2) is 0 Å². The molecule has 2 N–H and O–H groups in total. The predicted octanol–water partition coefficient (Wildman–Crippen LogP) is 2.32. The van der Waals surface area contributed by atoms with Gasteiger partial charge in [-0.05, 0) is 50.9 Å². The quantitative estimate of drug-likeness (QED) is 0.785. The minimum absolute atomic E-state index is 0.000270. The Kier molecular flexibility index (Phi) is 4.89. The largest absolute Gasteiger partial charge is 0.481 e. The molecule has 5 nitrogen and oxygen atoms in total. The zero-order chi connectivity index (χ0) is 14.7. The molecular weight excluding hydrogens is 256 g/mol. The van der Waals surface area contributed by atoms with Crippen molar-refractivity contribution in [2.75, 3.05) is 13.1 Å². The Labute approximate surface area is 120 Å². The maximum Gasteiger partial charge on any atom is 0.317 e. The van der Waals surface area contributed by atoms with E-state index in [9.17, 15) is 9.59 Å². The van der Waals surface area contributed by atoms with Crippen LogP contribution in [0.2, 0.25) is 0 Å². The summed E-state index contributed by atoms with van der Waals surface area (Å²) >= 11 is 0. The lowest BCUT2D eigenvalue weighted by atomic mass is 9.89. The van der Waals surface area contributed by atoms with Crippen LogP contribution in [0.25, 0.3) is 0 Å². The van der Waals surface area contributed by atoms with Gasteiger partial charge >= 0.3 is 12.0 Å². The zero-order valence-corrected chi connectivity index (χ0v) is 12.5. The van der Waals surface area contributed by atoms with Gasteiger partial charge in [-0.15, -0.1) is 0 Å². The number of aliphatic carboxylic acids is 1. The lowest BCUT2D eigenvalue weighted by molar-refractivity contribution is -0.137. The van der Waals surface area contributed by atoms with Crippen molar-refractivity contribution in [3.05, 3.63) is 0 Å². The molecule has 0 aliphatic heterocycles. The fraction of sp³-hybridized carbons (Fsp3) is 0.867.